The number of aliphatic hydroxyl groups is 17. The minimum absolute atomic E-state index is 0.00685. The first-order valence-corrected chi connectivity index (χ1v) is 25.9. The molecule has 0 saturated carbocycles. The van der Waals surface area contributed by atoms with Gasteiger partial charge in [0.1, 0.15) is 129 Å². The molecule has 4 saturated heterocycles. The molecule has 0 amide bonds. The van der Waals surface area contributed by atoms with Crippen LogP contribution in [0.25, 0.3) is 0 Å². The second-order valence-electron chi connectivity index (χ2n) is 18.5. The van der Waals surface area contributed by atoms with Crippen LogP contribution in [0.15, 0.2) is 0 Å². The van der Waals surface area contributed by atoms with Gasteiger partial charge in [-0.05, 0) is 0 Å². The zero-order valence-corrected chi connectivity index (χ0v) is 43.8. The zero-order chi connectivity index (χ0) is 58.6. The number of ether oxygens (including phenoxy) is 14. The molecule has 0 radical (unpaired) electrons. The molecule has 0 spiro atoms. The van der Waals surface area contributed by atoms with Crippen LogP contribution in [0, 0.1) is 0 Å². The summed E-state index contributed by atoms with van der Waals surface area (Å²) in [6, 6.07) is 0. The minimum Gasteiger partial charge on any atom is -0.394 e. The van der Waals surface area contributed by atoms with Gasteiger partial charge in [-0.15, -0.1) is 0 Å². The molecule has 4 fully saturated rings. The molecule has 4 aliphatic rings. The quantitative estimate of drug-likeness (QED) is 0.0153. The second kappa shape index (κ2) is 39.3. The Hall–Kier alpha value is -1.40. The Bertz CT molecular complexity index is 1440. The SMILES string of the molecule is OC[C@H]1O[C@H](OCCOCC(COCCOO[C@H]2O[C@H](CO)[C@@H](O)[C@H](O)[C@@H]2O)OCCOCC(O)COCCOC(COCCOO[C@H]2O[C@H](CO)[C@@H](O)[C@H](O)[C@@H]2O)COCCO[C@H]2O[C@H](CO)[C@@H](O)[C@H](O)[C@@H]2O)[C@@H](O)[C@@H](O)[C@@H]1O. The van der Waals surface area contributed by atoms with Crippen molar-refractivity contribution in [3.63, 3.8) is 0 Å². The van der Waals surface area contributed by atoms with E-state index in [9.17, 15) is 86.8 Å². The van der Waals surface area contributed by atoms with Crippen LogP contribution in [0.3, 0.4) is 0 Å². The lowest BCUT2D eigenvalue weighted by atomic mass is 9.99. The molecule has 80 heavy (non-hydrogen) atoms. The largest absolute Gasteiger partial charge is 0.394 e. The molecule has 4 heterocycles. The van der Waals surface area contributed by atoms with Gasteiger partial charge in [-0.2, -0.15) is 0 Å². The summed E-state index contributed by atoms with van der Waals surface area (Å²) in [6.07, 6.45) is -32.6. The molecule has 0 bridgehead atoms. The van der Waals surface area contributed by atoms with E-state index in [4.69, 9.17) is 85.9 Å². The van der Waals surface area contributed by atoms with Crippen LogP contribution < -0.4 is 0 Å². The lowest BCUT2D eigenvalue weighted by molar-refractivity contribution is -0.427. The van der Waals surface area contributed by atoms with Gasteiger partial charge in [-0.1, -0.05) is 0 Å². The van der Waals surface area contributed by atoms with Gasteiger partial charge in [0.25, 0.3) is 0 Å². The molecule has 4 rings (SSSR count). The van der Waals surface area contributed by atoms with Crippen LogP contribution in [0.2, 0.25) is 0 Å². The molecule has 35 nitrogen and oxygen atoms in total. The fourth-order valence-corrected chi connectivity index (χ4v) is 7.75. The van der Waals surface area contributed by atoms with Crippen LogP contribution in [-0.4, -0.2) is 373 Å². The summed E-state index contributed by atoms with van der Waals surface area (Å²) in [4.78, 5) is 20.0. The zero-order valence-electron chi connectivity index (χ0n) is 43.8. The van der Waals surface area contributed by atoms with E-state index in [-0.39, 0.29) is 119 Å². The van der Waals surface area contributed by atoms with Gasteiger partial charge >= 0.3 is 0 Å². The van der Waals surface area contributed by atoms with Crippen LogP contribution >= 0.6 is 0 Å². The fourth-order valence-electron chi connectivity index (χ4n) is 7.75. The average molecular weight is 1190 g/mol. The number of hydrogen-bond acceptors (Lipinski definition) is 35. The van der Waals surface area contributed by atoms with Crippen LogP contribution in [0.1, 0.15) is 0 Å². The standard InChI is InChI=1S/C45H84O35/c46-13-26-30(51)34(55)38(59)42(75-26)71-9-3-65-19-24(21-67-5-11-73-79-44-40(61)36(57)32(53)28(15-48)77-44)69-7-1-63-17-23(50)18-64-2-8-70-25(20-66-4-10-72-43-39(60)35(56)31(52)27(14-47)76-43)22-68-6-12-74-80-45-41(62)37(58)33(54)29(16-49)78-45/h23-62H,1-22H2/t23?,24?,25?,26-,27-,28-,29-,30-,31-,32-,33-,34+,35+,36+,37+,38+,39+,40+,41+,42+,43+,44-,45-/m1/s1. The van der Waals surface area contributed by atoms with Crippen molar-refractivity contribution < 1.29 is 173 Å². The summed E-state index contributed by atoms with van der Waals surface area (Å²) in [5, 5.41) is 168. The Kier molecular flexibility index (Phi) is 34.9. The molecule has 22 atom stereocenters. The molecule has 0 aromatic rings. The van der Waals surface area contributed by atoms with Gasteiger partial charge in [0.15, 0.2) is 12.6 Å². The molecule has 0 aromatic heterocycles. The topological polar surface area (TPSA) is 510 Å². The molecule has 474 valence electrons. The van der Waals surface area contributed by atoms with Crippen LogP contribution in [-0.2, 0) is 85.9 Å². The highest BCUT2D eigenvalue weighted by Crippen LogP contribution is 2.25. The van der Waals surface area contributed by atoms with Gasteiger partial charge in [-0.3, -0.25) is 0 Å². The van der Waals surface area contributed by atoms with E-state index in [0.717, 1.165) is 0 Å². The smallest absolute Gasteiger partial charge is 0.220 e. The summed E-state index contributed by atoms with van der Waals surface area (Å²) >= 11 is 0. The second-order valence-corrected chi connectivity index (χ2v) is 18.5. The molecule has 4 aliphatic heterocycles. The highest BCUT2D eigenvalue weighted by Gasteiger charge is 2.47. The van der Waals surface area contributed by atoms with Gasteiger partial charge < -0.3 is 153 Å². The Balaban J connectivity index is 1.15. The average Bonchev–Trinajstić information content (AvgIpc) is 3.45. The van der Waals surface area contributed by atoms with Gasteiger partial charge in [0.2, 0.25) is 12.6 Å². The van der Waals surface area contributed by atoms with E-state index in [0.29, 0.717) is 0 Å². The molecule has 35 heteroatoms. The van der Waals surface area contributed by atoms with Crippen molar-refractivity contribution in [1.82, 2.24) is 0 Å². The van der Waals surface area contributed by atoms with E-state index < -0.39 is 168 Å². The number of hydrogen-bond donors (Lipinski definition) is 17. The van der Waals surface area contributed by atoms with Crippen molar-refractivity contribution >= 4 is 0 Å². The molecule has 0 aliphatic carbocycles. The third-order valence-electron chi connectivity index (χ3n) is 12.4. The fraction of sp³-hybridized carbons (Fsp3) is 1.00. The molecular weight excluding hydrogens is 1100 g/mol. The number of rotatable bonds is 42. The van der Waals surface area contributed by atoms with Crippen molar-refractivity contribution in [2.24, 2.45) is 0 Å². The third-order valence-corrected chi connectivity index (χ3v) is 12.4. The van der Waals surface area contributed by atoms with Crippen molar-refractivity contribution in [3.05, 3.63) is 0 Å². The summed E-state index contributed by atoms with van der Waals surface area (Å²) in [6.45, 7) is -4.34. The first-order valence-electron chi connectivity index (χ1n) is 25.9. The Labute approximate surface area is 458 Å². The Morgan fingerprint density at radius 2 is 0.550 bits per heavy atom. The first-order chi connectivity index (χ1) is 38.5. The predicted octanol–water partition coefficient (Wildman–Crippen LogP) is -11.7. The summed E-state index contributed by atoms with van der Waals surface area (Å²) in [5.74, 6) is 0. The Morgan fingerprint density at radius 3 is 0.863 bits per heavy atom. The Morgan fingerprint density at radius 1 is 0.287 bits per heavy atom. The molecule has 2 unspecified atom stereocenters. The van der Waals surface area contributed by atoms with Gasteiger partial charge in [0.05, 0.1) is 132 Å². The lowest BCUT2D eigenvalue weighted by Crippen LogP contribution is -2.59. The third kappa shape index (κ3) is 23.5. The monoisotopic (exact) mass is 1180 g/mol. The van der Waals surface area contributed by atoms with Crippen molar-refractivity contribution in [1.29, 1.82) is 0 Å². The van der Waals surface area contributed by atoms with E-state index >= 15 is 0 Å². The molecular formula is C45H84O35. The summed E-state index contributed by atoms with van der Waals surface area (Å²) in [7, 11) is 0. The van der Waals surface area contributed by atoms with Gasteiger partial charge in [-0.25, -0.2) is 19.6 Å². The maximum absolute atomic E-state index is 10.5. The van der Waals surface area contributed by atoms with E-state index in [1.54, 1.807) is 0 Å². The maximum atomic E-state index is 10.5. The van der Waals surface area contributed by atoms with Crippen molar-refractivity contribution in [2.75, 3.05) is 145 Å². The van der Waals surface area contributed by atoms with Crippen molar-refractivity contribution in [3.8, 4) is 0 Å². The predicted molar refractivity (Wildman–Crippen MR) is 251 cm³/mol. The van der Waals surface area contributed by atoms with E-state index in [1.165, 1.54) is 0 Å². The first kappa shape index (κ1) is 71.1. The minimum atomic E-state index is -1.69. The van der Waals surface area contributed by atoms with Crippen LogP contribution in [0.4, 0.5) is 0 Å². The highest BCUT2D eigenvalue weighted by molar-refractivity contribution is 4.91. The lowest BCUT2D eigenvalue weighted by Gasteiger charge is -2.39. The summed E-state index contributed by atoms with van der Waals surface area (Å²) < 4.78 is 77.2. The van der Waals surface area contributed by atoms with Crippen LogP contribution in [0.5, 0.6) is 0 Å². The molecule has 17 N–H and O–H groups in total. The van der Waals surface area contributed by atoms with E-state index in [1.807, 2.05) is 0 Å². The number of aliphatic hydroxyl groups excluding tert-OH is 17. The highest BCUT2D eigenvalue weighted by atomic mass is 17.2. The maximum Gasteiger partial charge on any atom is 0.220 e. The summed E-state index contributed by atoms with van der Waals surface area (Å²) in [5.41, 5.74) is 0. The normalized spacial score (nSPS) is 36.3. The van der Waals surface area contributed by atoms with E-state index in [2.05, 4.69) is 0 Å². The van der Waals surface area contributed by atoms with Crippen molar-refractivity contribution in [2.45, 2.75) is 141 Å². The van der Waals surface area contributed by atoms with Gasteiger partial charge in [0, 0.05) is 0 Å². The molecule has 0 aromatic carbocycles.